The number of allylic oxidation sites excluding steroid dienone is 1. The molecule has 0 radical (unpaired) electrons. The highest BCUT2D eigenvalue weighted by Gasteiger charge is 1.93. The summed E-state index contributed by atoms with van der Waals surface area (Å²) in [5, 5.41) is 0. The largest absolute Gasteiger partial charge is 0.337 e. The molecule has 0 aliphatic heterocycles. The molecular formula is C15H26N2. The zero-order valence-electron chi connectivity index (χ0n) is 11.0. The smallest absolute Gasteiger partial charge is 0.0945 e. The van der Waals surface area contributed by atoms with Crippen LogP contribution in [0.2, 0.25) is 0 Å². The van der Waals surface area contributed by atoms with Gasteiger partial charge in [0.25, 0.3) is 0 Å². The normalized spacial score (nSPS) is 10.6. The van der Waals surface area contributed by atoms with Crippen LogP contribution in [-0.2, 0) is 6.54 Å². The molecule has 0 atom stereocenters. The minimum absolute atomic E-state index is 1.12. The summed E-state index contributed by atoms with van der Waals surface area (Å²) in [7, 11) is 0. The summed E-state index contributed by atoms with van der Waals surface area (Å²) < 4.78 is 2.16. The molecule has 0 saturated carbocycles. The van der Waals surface area contributed by atoms with Crippen LogP contribution in [0.4, 0.5) is 0 Å². The molecule has 0 bridgehead atoms. The predicted octanol–water partition coefficient (Wildman–Crippen LogP) is 4.58. The van der Waals surface area contributed by atoms with Crippen molar-refractivity contribution in [3.8, 4) is 0 Å². The van der Waals surface area contributed by atoms with Crippen molar-refractivity contribution in [2.45, 2.75) is 64.3 Å². The second-order valence-electron chi connectivity index (χ2n) is 4.71. The number of hydrogen-bond acceptors (Lipinski definition) is 1. The molecule has 0 aliphatic carbocycles. The van der Waals surface area contributed by atoms with E-state index in [1.165, 1.54) is 57.8 Å². The van der Waals surface area contributed by atoms with E-state index in [-0.39, 0.29) is 0 Å². The van der Waals surface area contributed by atoms with Gasteiger partial charge in [0.05, 0.1) is 6.33 Å². The Morgan fingerprint density at radius 3 is 2.18 bits per heavy atom. The fourth-order valence-electron chi connectivity index (χ4n) is 2.06. The molecule has 2 nitrogen and oxygen atoms in total. The molecule has 0 aliphatic rings. The number of nitrogens with zero attached hydrogens (tertiary/aromatic N) is 2. The monoisotopic (exact) mass is 234 g/mol. The molecular weight excluding hydrogens is 208 g/mol. The Bertz CT molecular complexity index is 264. The molecule has 1 aromatic rings. The maximum Gasteiger partial charge on any atom is 0.0945 e. The van der Waals surface area contributed by atoms with E-state index in [4.69, 9.17) is 0 Å². The highest BCUT2D eigenvalue weighted by Crippen LogP contribution is 2.10. The lowest BCUT2D eigenvalue weighted by atomic mass is 10.1. The molecule has 0 unspecified atom stereocenters. The Labute approximate surface area is 106 Å². The number of hydrogen-bond donors (Lipinski definition) is 0. The molecule has 0 saturated heterocycles. The molecule has 1 rings (SSSR count). The minimum Gasteiger partial charge on any atom is -0.337 e. The lowest BCUT2D eigenvalue weighted by Crippen LogP contribution is -1.93. The number of rotatable bonds is 11. The first kappa shape index (κ1) is 14.0. The topological polar surface area (TPSA) is 17.8 Å². The average Bonchev–Trinajstić information content (AvgIpc) is 2.85. The highest BCUT2D eigenvalue weighted by atomic mass is 15.0. The third kappa shape index (κ3) is 7.78. The Balaban J connectivity index is 1.77. The number of imidazole rings is 1. The van der Waals surface area contributed by atoms with Crippen molar-refractivity contribution >= 4 is 0 Å². The lowest BCUT2D eigenvalue weighted by molar-refractivity contribution is 0.541. The molecule has 0 spiro atoms. The SMILES string of the molecule is C=CCCCCCCCCCCn1ccnc1. The molecule has 0 N–H and O–H groups in total. The van der Waals surface area contributed by atoms with Gasteiger partial charge in [0.2, 0.25) is 0 Å². The molecule has 96 valence electrons. The van der Waals surface area contributed by atoms with E-state index in [0.29, 0.717) is 0 Å². The Morgan fingerprint density at radius 2 is 1.59 bits per heavy atom. The van der Waals surface area contributed by atoms with E-state index in [1.807, 2.05) is 24.8 Å². The van der Waals surface area contributed by atoms with Crippen LogP contribution in [0.1, 0.15) is 57.8 Å². The van der Waals surface area contributed by atoms with Crippen LogP contribution in [0.25, 0.3) is 0 Å². The van der Waals surface area contributed by atoms with Crippen molar-refractivity contribution in [1.29, 1.82) is 0 Å². The Kier molecular flexibility index (Phi) is 8.35. The van der Waals surface area contributed by atoms with Gasteiger partial charge in [0, 0.05) is 18.9 Å². The molecule has 17 heavy (non-hydrogen) atoms. The van der Waals surface area contributed by atoms with E-state index in [9.17, 15) is 0 Å². The fraction of sp³-hybridized carbons (Fsp3) is 0.667. The van der Waals surface area contributed by atoms with Gasteiger partial charge >= 0.3 is 0 Å². The maximum atomic E-state index is 4.04. The summed E-state index contributed by atoms with van der Waals surface area (Å²) in [5.74, 6) is 0. The van der Waals surface area contributed by atoms with E-state index in [1.54, 1.807) is 0 Å². The second kappa shape index (κ2) is 10.1. The molecule has 0 fully saturated rings. The molecule has 0 aromatic carbocycles. The molecule has 2 heteroatoms. The van der Waals surface area contributed by atoms with E-state index >= 15 is 0 Å². The summed E-state index contributed by atoms with van der Waals surface area (Å²) >= 11 is 0. The summed E-state index contributed by atoms with van der Waals surface area (Å²) in [4.78, 5) is 4.04. The summed E-state index contributed by atoms with van der Waals surface area (Å²) in [6, 6.07) is 0. The number of unbranched alkanes of at least 4 members (excludes halogenated alkanes) is 8. The predicted molar refractivity (Wildman–Crippen MR) is 74.0 cm³/mol. The molecule has 1 heterocycles. The number of aryl methyl sites for hydroxylation is 1. The van der Waals surface area contributed by atoms with Gasteiger partial charge < -0.3 is 4.57 Å². The third-order valence-corrected chi connectivity index (χ3v) is 3.13. The van der Waals surface area contributed by atoms with Crippen molar-refractivity contribution in [2.24, 2.45) is 0 Å². The zero-order valence-corrected chi connectivity index (χ0v) is 11.0. The summed E-state index contributed by atoms with van der Waals surface area (Å²) in [6.07, 6.45) is 19.9. The van der Waals surface area contributed by atoms with Gasteiger partial charge in [-0.15, -0.1) is 6.58 Å². The first-order chi connectivity index (χ1) is 8.43. The van der Waals surface area contributed by atoms with Gasteiger partial charge in [-0.3, -0.25) is 0 Å². The van der Waals surface area contributed by atoms with Crippen molar-refractivity contribution in [3.05, 3.63) is 31.4 Å². The van der Waals surface area contributed by atoms with Crippen LogP contribution in [-0.4, -0.2) is 9.55 Å². The minimum atomic E-state index is 1.12. The first-order valence-corrected chi connectivity index (χ1v) is 7.00. The van der Waals surface area contributed by atoms with Crippen LogP contribution in [0.3, 0.4) is 0 Å². The van der Waals surface area contributed by atoms with Crippen LogP contribution >= 0.6 is 0 Å². The van der Waals surface area contributed by atoms with E-state index in [0.717, 1.165) is 6.54 Å². The van der Waals surface area contributed by atoms with Gasteiger partial charge in [-0.2, -0.15) is 0 Å². The fourth-order valence-corrected chi connectivity index (χ4v) is 2.06. The van der Waals surface area contributed by atoms with Crippen molar-refractivity contribution in [3.63, 3.8) is 0 Å². The second-order valence-corrected chi connectivity index (χ2v) is 4.71. The van der Waals surface area contributed by atoms with Crippen molar-refractivity contribution in [1.82, 2.24) is 9.55 Å². The Hall–Kier alpha value is -1.05. The van der Waals surface area contributed by atoms with Crippen LogP contribution in [0.15, 0.2) is 31.4 Å². The standard InChI is InChI=1S/C15H26N2/c1-2-3-4-5-6-7-8-9-10-11-13-17-14-12-16-15-17/h2,12,14-15H,1,3-11,13H2. The van der Waals surface area contributed by atoms with Gasteiger partial charge in [-0.1, -0.05) is 44.6 Å². The van der Waals surface area contributed by atoms with Crippen LogP contribution in [0, 0.1) is 0 Å². The molecule has 0 amide bonds. The van der Waals surface area contributed by atoms with Gasteiger partial charge in [-0.05, 0) is 19.3 Å². The highest BCUT2D eigenvalue weighted by molar-refractivity contribution is 4.73. The Morgan fingerprint density at radius 1 is 0.941 bits per heavy atom. The summed E-state index contributed by atoms with van der Waals surface area (Å²) in [5.41, 5.74) is 0. The zero-order chi connectivity index (χ0) is 12.2. The van der Waals surface area contributed by atoms with Crippen LogP contribution in [0.5, 0.6) is 0 Å². The van der Waals surface area contributed by atoms with Gasteiger partial charge in [0.1, 0.15) is 0 Å². The maximum absolute atomic E-state index is 4.04. The molecule has 1 aromatic heterocycles. The average molecular weight is 234 g/mol. The van der Waals surface area contributed by atoms with Crippen LogP contribution < -0.4 is 0 Å². The van der Waals surface area contributed by atoms with Crippen molar-refractivity contribution < 1.29 is 0 Å². The van der Waals surface area contributed by atoms with Gasteiger partial charge in [0.15, 0.2) is 0 Å². The van der Waals surface area contributed by atoms with E-state index < -0.39 is 0 Å². The first-order valence-electron chi connectivity index (χ1n) is 7.00. The number of aromatic nitrogens is 2. The lowest BCUT2D eigenvalue weighted by Gasteiger charge is -2.03. The van der Waals surface area contributed by atoms with Crippen molar-refractivity contribution in [2.75, 3.05) is 0 Å². The van der Waals surface area contributed by atoms with Gasteiger partial charge in [-0.25, -0.2) is 4.98 Å². The summed E-state index contributed by atoms with van der Waals surface area (Å²) in [6.45, 7) is 4.87. The third-order valence-electron chi connectivity index (χ3n) is 3.13. The van der Waals surface area contributed by atoms with E-state index in [2.05, 4.69) is 16.1 Å². The quantitative estimate of drug-likeness (QED) is 0.405.